The van der Waals surface area contributed by atoms with Gasteiger partial charge in [-0.1, -0.05) is 0 Å². The minimum atomic E-state index is -1.52. The van der Waals surface area contributed by atoms with Crippen molar-refractivity contribution < 1.29 is 29.9 Å². The Labute approximate surface area is 125 Å². The molecular weight excluding hydrogens is 298 g/mol. The van der Waals surface area contributed by atoms with Crippen molar-refractivity contribution in [3.8, 4) is 6.01 Å². The third kappa shape index (κ3) is 3.05. The van der Waals surface area contributed by atoms with Gasteiger partial charge in [0.1, 0.15) is 30.2 Å². The molecule has 0 radical (unpaired) electrons. The van der Waals surface area contributed by atoms with Crippen molar-refractivity contribution in [1.82, 2.24) is 9.55 Å². The van der Waals surface area contributed by atoms with Crippen LogP contribution < -0.4 is 15.6 Å². The zero-order chi connectivity index (χ0) is 16.4. The van der Waals surface area contributed by atoms with Gasteiger partial charge in [0, 0.05) is 13.1 Å². The Kier molecular flexibility index (Phi) is 4.98. The number of nitrogens with one attached hydrogen (secondary N) is 1. The van der Waals surface area contributed by atoms with Crippen LogP contribution in [0.1, 0.15) is 0 Å². The first-order chi connectivity index (χ1) is 10.4. The molecule has 0 amide bonds. The van der Waals surface area contributed by atoms with Gasteiger partial charge >= 0.3 is 6.01 Å². The number of rotatable bonds is 4. The van der Waals surface area contributed by atoms with E-state index in [1.54, 1.807) is 0 Å². The van der Waals surface area contributed by atoms with Gasteiger partial charge in [-0.3, -0.25) is 9.36 Å². The van der Waals surface area contributed by atoms with E-state index in [0.29, 0.717) is 0 Å². The molecule has 5 atom stereocenters. The van der Waals surface area contributed by atoms with Crippen LogP contribution in [0, 0.1) is 0 Å². The summed E-state index contributed by atoms with van der Waals surface area (Å²) in [5.41, 5.74) is -0.404. The molecule has 0 bridgehead atoms. The predicted octanol–water partition coefficient (Wildman–Crippen LogP) is -3.00. The number of anilines is 1. The fourth-order valence-electron chi connectivity index (χ4n) is 2.14. The lowest BCUT2D eigenvalue weighted by Crippen LogP contribution is -2.60. The smallest absolute Gasteiger partial charge is 0.300 e. The van der Waals surface area contributed by atoms with Gasteiger partial charge < -0.3 is 35.2 Å². The van der Waals surface area contributed by atoms with Crippen LogP contribution in [0.4, 0.5) is 5.82 Å². The van der Waals surface area contributed by atoms with Crippen molar-refractivity contribution in [2.75, 3.05) is 19.0 Å². The van der Waals surface area contributed by atoms with Gasteiger partial charge in [0.2, 0.25) is 0 Å². The maximum atomic E-state index is 11.7. The average Bonchev–Trinajstić information content (AvgIpc) is 2.51. The van der Waals surface area contributed by atoms with Gasteiger partial charge in [-0.15, -0.1) is 0 Å². The lowest BCUT2D eigenvalue weighted by atomic mass is 9.98. The molecule has 5 N–H and O–H groups in total. The number of ether oxygens (including phenoxy) is 2. The van der Waals surface area contributed by atoms with Crippen LogP contribution in [0.2, 0.25) is 0 Å². The molecule has 0 spiro atoms. The van der Waals surface area contributed by atoms with E-state index in [1.807, 2.05) is 0 Å². The molecule has 0 saturated carbocycles. The molecule has 1 aromatic rings. The highest BCUT2D eigenvalue weighted by molar-refractivity contribution is 5.36. The van der Waals surface area contributed by atoms with E-state index in [1.165, 1.54) is 18.7 Å². The second-order valence-electron chi connectivity index (χ2n) is 4.92. The Morgan fingerprint density at radius 1 is 1.36 bits per heavy atom. The van der Waals surface area contributed by atoms with E-state index >= 15 is 0 Å². The molecule has 1 aromatic heterocycles. The normalized spacial score (nSPS) is 31.8. The highest BCUT2D eigenvalue weighted by atomic mass is 16.6. The Bertz CT molecular complexity index is 576. The van der Waals surface area contributed by atoms with Crippen molar-refractivity contribution in [3.05, 3.63) is 16.4 Å². The van der Waals surface area contributed by atoms with Crippen molar-refractivity contribution in [3.63, 3.8) is 0 Å². The number of aliphatic hydroxyl groups is 4. The molecule has 1 aliphatic rings. The Hall–Kier alpha value is -1.72. The zero-order valence-electron chi connectivity index (χ0n) is 12.1. The van der Waals surface area contributed by atoms with E-state index in [0.717, 1.165) is 6.07 Å². The lowest BCUT2D eigenvalue weighted by molar-refractivity contribution is -0.221. The largest absolute Gasteiger partial charge is 0.468 e. The molecular formula is C12H19N3O7. The zero-order valence-corrected chi connectivity index (χ0v) is 12.1. The number of aromatic nitrogens is 2. The van der Waals surface area contributed by atoms with Crippen LogP contribution in [0.3, 0.4) is 0 Å². The van der Waals surface area contributed by atoms with Gasteiger partial charge in [-0.05, 0) is 0 Å². The summed E-state index contributed by atoms with van der Waals surface area (Å²) in [6.45, 7) is -0.545. The first-order valence-electron chi connectivity index (χ1n) is 6.58. The van der Waals surface area contributed by atoms with Gasteiger partial charge in [-0.2, -0.15) is 4.98 Å². The molecule has 5 unspecified atom stereocenters. The molecule has 124 valence electrons. The molecule has 0 aromatic carbocycles. The van der Waals surface area contributed by atoms with Crippen LogP contribution in [-0.4, -0.2) is 74.3 Å². The summed E-state index contributed by atoms with van der Waals surface area (Å²) in [4.78, 5) is 15.8. The Balaban J connectivity index is 2.22. The van der Waals surface area contributed by atoms with E-state index < -0.39 is 42.8 Å². The Morgan fingerprint density at radius 2 is 2.05 bits per heavy atom. The van der Waals surface area contributed by atoms with Crippen LogP contribution in [-0.2, 0) is 11.8 Å². The van der Waals surface area contributed by atoms with E-state index in [2.05, 4.69) is 10.3 Å². The van der Waals surface area contributed by atoms with Crippen molar-refractivity contribution in [2.45, 2.75) is 30.6 Å². The molecule has 1 saturated heterocycles. The molecule has 10 nitrogen and oxygen atoms in total. The predicted molar refractivity (Wildman–Crippen MR) is 73.4 cm³/mol. The van der Waals surface area contributed by atoms with Crippen molar-refractivity contribution in [1.29, 1.82) is 0 Å². The summed E-state index contributed by atoms with van der Waals surface area (Å²) >= 11 is 0. The highest BCUT2D eigenvalue weighted by Crippen LogP contribution is 2.22. The summed E-state index contributed by atoms with van der Waals surface area (Å²) in [6.07, 6.45) is -6.67. The quantitative estimate of drug-likeness (QED) is 0.392. The molecule has 22 heavy (non-hydrogen) atoms. The number of methoxy groups -OCH3 is 1. The first kappa shape index (κ1) is 16.6. The van der Waals surface area contributed by atoms with Crippen LogP contribution in [0.5, 0.6) is 6.01 Å². The van der Waals surface area contributed by atoms with Crippen LogP contribution >= 0.6 is 0 Å². The summed E-state index contributed by atoms with van der Waals surface area (Å²) in [5.74, 6) is 0.0595. The summed E-state index contributed by atoms with van der Waals surface area (Å²) in [6, 6.07) is 1.20. The third-order valence-electron chi connectivity index (χ3n) is 3.46. The molecule has 0 aliphatic carbocycles. The molecule has 1 fully saturated rings. The maximum absolute atomic E-state index is 11.7. The number of nitrogens with zero attached hydrogens (tertiary/aromatic N) is 2. The van der Waals surface area contributed by atoms with Gasteiger partial charge in [0.15, 0.2) is 6.23 Å². The van der Waals surface area contributed by atoms with E-state index in [-0.39, 0.29) is 11.8 Å². The first-order valence-corrected chi connectivity index (χ1v) is 6.58. The maximum Gasteiger partial charge on any atom is 0.300 e. The monoisotopic (exact) mass is 317 g/mol. The Morgan fingerprint density at radius 3 is 2.64 bits per heavy atom. The molecule has 10 heteroatoms. The number of hydrogen-bond acceptors (Lipinski definition) is 9. The second-order valence-corrected chi connectivity index (χ2v) is 4.92. The minimum Gasteiger partial charge on any atom is -0.468 e. The van der Waals surface area contributed by atoms with Gasteiger partial charge in [0.05, 0.1) is 13.7 Å². The fraction of sp³-hybridized carbons (Fsp3) is 0.667. The summed E-state index contributed by atoms with van der Waals surface area (Å²) in [5, 5.41) is 41.1. The molecule has 2 heterocycles. The highest BCUT2D eigenvalue weighted by Gasteiger charge is 2.43. The minimum absolute atomic E-state index is 0.0413. The van der Waals surface area contributed by atoms with Gasteiger partial charge in [-0.25, -0.2) is 0 Å². The third-order valence-corrected chi connectivity index (χ3v) is 3.46. The fourth-order valence-corrected chi connectivity index (χ4v) is 2.14. The van der Waals surface area contributed by atoms with Crippen LogP contribution in [0.25, 0.3) is 0 Å². The number of hydrogen-bond donors (Lipinski definition) is 5. The van der Waals surface area contributed by atoms with Crippen LogP contribution in [0.15, 0.2) is 10.9 Å². The molecule has 1 aliphatic heterocycles. The summed E-state index contributed by atoms with van der Waals surface area (Å²) in [7, 11) is 2.82. The SMILES string of the molecule is COc1nc(NC2OC(CO)C(O)C(O)C2O)cc(=O)n1C. The van der Waals surface area contributed by atoms with Crippen molar-refractivity contribution in [2.24, 2.45) is 7.05 Å². The topological polar surface area (TPSA) is 146 Å². The number of aliphatic hydroxyl groups excluding tert-OH is 4. The average molecular weight is 317 g/mol. The van der Waals surface area contributed by atoms with Gasteiger partial charge in [0.25, 0.3) is 5.56 Å². The second kappa shape index (κ2) is 6.58. The lowest BCUT2D eigenvalue weighted by Gasteiger charge is -2.40. The standard InChI is InChI=1S/C12H19N3O7/c1-15-7(17)3-6(14-12(15)21-2)13-11-10(20)9(19)8(18)5(4-16)22-11/h3,5,8-11,13,16,18-20H,4H2,1-2H3. The molecule has 2 rings (SSSR count). The van der Waals surface area contributed by atoms with E-state index in [9.17, 15) is 20.1 Å². The van der Waals surface area contributed by atoms with Crippen molar-refractivity contribution >= 4 is 5.82 Å². The summed E-state index contributed by atoms with van der Waals surface area (Å²) < 4.78 is 11.4. The van der Waals surface area contributed by atoms with E-state index in [4.69, 9.17) is 14.6 Å².